The second-order valence-corrected chi connectivity index (χ2v) is 5.33. The van der Waals surface area contributed by atoms with Crippen LogP contribution in [0.5, 0.6) is 0 Å². The maximum Gasteiger partial charge on any atom is 0.136 e. The quantitative estimate of drug-likeness (QED) is 0.888. The molecule has 0 fully saturated rings. The standard InChI is InChI=1S/C11H10Br2FN3/c1-6-10(13)11(15)17(16-6)5-7-2-3-8(14)4-9(7)12/h2-4H,5,15H2,1H3. The van der Waals surface area contributed by atoms with Gasteiger partial charge < -0.3 is 5.73 Å². The SMILES string of the molecule is Cc1nn(Cc2ccc(F)cc2Br)c(N)c1Br. The first-order chi connectivity index (χ1) is 7.99. The predicted octanol–water partition coefficient (Wildman–Crippen LogP) is 3.49. The Morgan fingerprint density at radius 1 is 1.41 bits per heavy atom. The lowest BCUT2D eigenvalue weighted by Gasteiger charge is -2.06. The fourth-order valence-corrected chi connectivity index (χ4v) is 2.27. The zero-order valence-electron chi connectivity index (χ0n) is 9.04. The summed E-state index contributed by atoms with van der Waals surface area (Å²) < 4.78 is 16.1. The molecule has 0 aliphatic rings. The maximum absolute atomic E-state index is 12.9. The van der Waals surface area contributed by atoms with E-state index in [4.69, 9.17) is 5.73 Å². The van der Waals surface area contributed by atoms with Gasteiger partial charge in [-0.1, -0.05) is 22.0 Å². The molecule has 6 heteroatoms. The topological polar surface area (TPSA) is 43.8 Å². The van der Waals surface area contributed by atoms with Crippen molar-refractivity contribution in [2.75, 3.05) is 5.73 Å². The van der Waals surface area contributed by atoms with E-state index >= 15 is 0 Å². The molecule has 90 valence electrons. The molecule has 0 spiro atoms. The molecule has 0 bridgehead atoms. The number of rotatable bonds is 2. The molecule has 0 saturated carbocycles. The van der Waals surface area contributed by atoms with E-state index in [1.807, 2.05) is 6.92 Å². The van der Waals surface area contributed by atoms with Crippen LogP contribution in [0, 0.1) is 12.7 Å². The van der Waals surface area contributed by atoms with E-state index in [-0.39, 0.29) is 5.82 Å². The number of hydrogen-bond acceptors (Lipinski definition) is 2. The van der Waals surface area contributed by atoms with Crippen LogP contribution in [0.15, 0.2) is 27.1 Å². The molecule has 1 aromatic carbocycles. The molecule has 1 heterocycles. The Hall–Kier alpha value is -0.880. The molecule has 1 aromatic heterocycles. The number of nitrogens with zero attached hydrogens (tertiary/aromatic N) is 2. The van der Waals surface area contributed by atoms with Crippen LogP contribution in [0.3, 0.4) is 0 Å². The van der Waals surface area contributed by atoms with E-state index in [2.05, 4.69) is 37.0 Å². The molecular formula is C11H10Br2FN3. The lowest BCUT2D eigenvalue weighted by atomic mass is 10.2. The zero-order chi connectivity index (χ0) is 12.6. The van der Waals surface area contributed by atoms with Crippen molar-refractivity contribution in [2.24, 2.45) is 0 Å². The van der Waals surface area contributed by atoms with Crippen molar-refractivity contribution in [1.82, 2.24) is 9.78 Å². The predicted molar refractivity (Wildman–Crippen MR) is 72.3 cm³/mol. The Labute approximate surface area is 115 Å². The van der Waals surface area contributed by atoms with E-state index in [9.17, 15) is 4.39 Å². The van der Waals surface area contributed by atoms with Crippen LogP contribution in [0.1, 0.15) is 11.3 Å². The largest absolute Gasteiger partial charge is 0.383 e. The van der Waals surface area contributed by atoms with E-state index in [1.54, 1.807) is 10.7 Å². The fraction of sp³-hybridized carbons (Fsp3) is 0.182. The Morgan fingerprint density at radius 3 is 2.65 bits per heavy atom. The van der Waals surface area contributed by atoms with Gasteiger partial charge in [0.1, 0.15) is 11.6 Å². The summed E-state index contributed by atoms with van der Waals surface area (Å²) in [7, 11) is 0. The first kappa shape index (κ1) is 12.6. The highest BCUT2D eigenvalue weighted by atomic mass is 79.9. The van der Waals surface area contributed by atoms with E-state index in [1.165, 1.54) is 12.1 Å². The molecule has 0 saturated heterocycles. The van der Waals surface area contributed by atoms with Gasteiger partial charge in [-0.15, -0.1) is 0 Å². The van der Waals surface area contributed by atoms with Crippen molar-refractivity contribution in [3.8, 4) is 0 Å². The number of benzene rings is 1. The first-order valence-corrected chi connectivity index (χ1v) is 6.50. The van der Waals surface area contributed by atoms with Crippen molar-refractivity contribution in [3.05, 3.63) is 44.2 Å². The molecule has 0 unspecified atom stereocenters. The number of hydrogen-bond donors (Lipinski definition) is 1. The summed E-state index contributed by atoms with van der Waals surface area (Å²) in [5, 5.41) is 4.30. The molecule has 2 aromatic rings. The molecule has 2 rings (SSSR count). The summed E-state index contributed by atoms with van der Waals surface area (Å²) in [6.45, 7) is 2.37. The summed E-state index contributed by atoms with van der Waals surface area (Å²) in [5.41, 5.74) is 7.65. The highest BCUT2D eigenvalue weighted by Gasteiger charge is 2.11. The van der Waals surface area contributed by atoms with Gasteiger partial charge in [0.2, 0.25) is 0 Å². The smallest absolute Gasteiger partial charge is 0.136 e. The average molecular weight is 363 g/mol. The Bertz CT molecular complexity index is 566. The zero-order valence-corrected chi connectivity index (χ0v) is 12.2. The molecule has 3 nitrogen and oxygen atoms in total. The second kappa shape index (κ2) is 4.78. The summed E-state index contributed by atoms with van der Waals surface area (Å²) in [6, 6.07) is 4.56. The third-order valence-corrected chi connectivity index (χ3v) is 4.14. The van der Waals surface area contributed by atoms with Crippen LogP contribution in [-0.4, -0.2) is 9.78 Å². The number of anilines is 1. The molecule has 0 radical (unpaired) electrons. The lowest BCUT2D eigenvalue weighted by Crippen LogP contribution is -2.06. The number of halogens is 3. The minimum Gasteiger partial charge on any atom is -0.383 e. The molecule has 0 aliphatic heterocycles. The summed E-state index contributed by atoms with van der Waals surface area (Å²) in [5.74, 6) is 0.296. The van der Waals surface area contributed by atoms with Gasteiger partial charge in [0.05, 0.1) is 16.7 Å². The minimum atomic E-state index is -0.272. The van der Waals surface area contributed by atoms with Crippen LogP contribution >= 0.6 is 31.9 Å². The van der Waals surface area contributed by atoms with Crippen LogP contribution in [0.2, 0.25) is 0 Å². The molecule has 0 amide bonds. The minimum absolute atomic E-state index is 0.272. The van der Waals surface area contributed by atoms with Crippen molar-refractivity contribution in [1.29, 1.82) is 0 Å². The third-order valence-electron chi connectivity index (χ3n) is 2.43. The normalized spacial score (nSPS) is 10.8. The number of aryl methyl sites for hydroxylation is 1. The Balaban J connectivity index is 2.34. The van der Waals surface area contributed by atoms with Crippen LogP contribution in [-0.2, 0) is 6.54 Å². The maximum atomic E-state index is 12.9. The average Bonchev–Trinajstić information content (AvgIpc) is 2.50. The van der Waals surface area contributed by atoms with Crippen LogP contribution in [0.25, 0.3) is 0 Å². The van der Waals surface area contributed by atoms with Gasteiger partial charge in [0.25, 0.3) is 0 Å². The molecule has 0 atom stereocenters. The van der Waals surface area contributed by atoms with Crippen molar-refractivity contribution in [3.63, 3.8) is 0 Å². The second-order valence-electron chi connectivity index (χ2n) is 3.68. The van der Waals surface area contributed by atoms with Gasteiger partial charge in [0, 0.05) is 4.47 Å². The van der Waals surface area contributed by atoms with Gasteiger partial charge in [-0.25, -0.2) is 9.07 Å². The van der Waals surface area contributed by atoms with Crippen LogP contribution < -0.4 is 5.73 Å². The fourth-order valence-electron chi connectivity index (χ4n) is 1.51. The molecular weight excluding hydrogens is 353 g/mol. The summed E-state index contributed by atoms with van der Waals surface area (Å²) in [6.07, 6.45) is 0. The van der Waals surface area contributed by atoms with E-state index in [0.717, 1.165) is 15.7 Å². The number of nitrogens with two attached hydrogens (primary N) is 1. The van der Waals surface area contributed by atoms with Gasteiger partial charge in [0.15, 0.2) is 0 Å². The van der Waals surface area contributed by atoms with Gasteiger partial charge in [-0.2, -0.15) is 5.10 Å². The molecule has 17 heavy (non-hydrogen) atoms. The van der Waals surface area contributed by atoms with Crippen molar-refractivity contribution < 1.29 is 4.39 Å². The summed E-state index contributed by atoms with van der Waals surface area (Å²) in [4.78, 5) is 0. The van der Waals surface area contributed by atoms with Crippen molar-refractivity contribution in [2.45, 2.75) is 13.5 Å². The van der Waals surface area contributed by atoms with Gasteiger partial charge in [-0.3, -0.25) is 0 Å². The monoisotopic (exact) mass is 361 g/mol. The van der Waals surface area contributed by atoms with Gasteiger partial charge in [-0.05, 0) is 40.5 Å². The Kier molecular flexibility index (Phi) is 3.53. The van der Waals surface area contributed by atoms with Crippen molar-refractivity contribution >= 4 is 37.7 Å². The van der Waals surface area contributed by atoms with Crippen LogP contribution in [0.4, 0.5) is 10.2 Å². The van der Waals surface area contributed by atoms with E-state index in [0.29, 0.717) is 16.8 Å². The first-order valence-electron chi connectivity index (χ1n) is 4.91. The Morgan fingerprint density at radius 2 is 2.12 bits per heavy atom. The molecule has 0 aliphatic carbocycles. The van der Waals surface area contributed by atoms with Gasteiger partial charge >= 0.3 is 0 Å². The highest BCUT2D eigenvalue weighted by Crippen LogP contribution is 2.25. The summed E-state index contributed by atoms with van der Waals surface area (Å²) >= 11 is 6.68. The lowest BCUT2D eigenvalue weighted by molar-refractivity contribution is 0.623. The highest BCUT2D eigenvalue weighted by molar-refractivity contribution is 9.11. The number of nitrogen functional groups attached to an aromatic ring is 1. The number of aromatic nitrogens is 2. The van der Waals surface area contributed by atoms with E-state index < -0.39 is 0 Å². The molecule has 2 N–H and O–H groups in total. The third kappa shape index (κ3) is 2.52.